The molecule has 0 saturated carbocycles. The summed E-state index contributed by atoms with van der Waals surface area (Å²) in [6.07, 6.45) is 2.76. The lowest BCUT2D eigenvalue weighted by Gasteiger charge is -2.39. The molecule has 0 radical (unpaired) electrons. The number of benzene rings is 2. The Balaban J connectivity index is 1.28. The van der Waals surface area contributed by atoms with E-state index in [9.17, 15) is 4.79 Å². The Morgan fingerprint density at radius 1 is 0.886 bits per heavy atom. The quantitative estimate of drug-likeness (QED) is 0.287. The van der Waals surface area contributed by atoms with Crippen molar-refractivity contribution < 1.29 is 33.2 Å². The van der Waals surface area contributed by atoms with E-state index >= 15 is 0 Å². The van der Waals surface area contributed by atoms with Crippen LogP contribution in [0.5, 0.6) is 5.75 Å². The first kappa shape index (κ1) is 32.7. The minimum atomic E-state index is -0.197. The van der Waals surface area contributed by atoms with Crippen molar-refractivity contribution in [3.8, 4) is 5.75 Å². The van der Waals surface area contributed by atoms with Gasteiger partial charge in [-0.2, -0.15) is 0 Å². The molecule has 1 N–H and O–H groups in total. The third-order valence-electron chi connectivity index (χ3n) is 8.66. The third-order valence-corrected chi connectivity index (χ3v) is 8.66. The standard InChI is InChI=1S/C34H49N3O7/c1-39-16-5-14-36-15-17-42-30-11-8-27(20-29(30)36)24-43-31-21-35-22-32(44-25-33(38)37-12-3-4-13-37)34(31)28-9-6-26(7-10-28)23-41-19-18-40-2/h6-11,20,31-32,34-35H,3-5,12-19,21-25H2,1-2H3/t31-,32+,34+/m0/s1. The molecule has 10 nitrogen and oxygen atoms in total. The molecule has 2 fully saturated rings. The van der Waals surface area contributed by atoms with Gasteiger partial charge in [-0.25, -0.2) is 0 Å². The number of anilines is 1. The zero-order valence-electron chi connectivity index (χ0n) is 26.3. The van der Waals surface area contributed by atoms with Gasteiger partial charge in [0.05, 0.1) is 50.9 Å². The van der Waals surface area contributed by atoms with Crippen LogP contribution in [0.2, 0.25) is 0 Å². The van der Waals surface area contributed by atoms with Crippen LogP contribution in [0.4, 0.5) is 5.69 Å². The summed E-state index contributed by atoms with van der Waals surface area (Å²) in [7, 11) is 3.41. The van der Waals surface area contributed by atoms with E-state index in [-0.39, 0.29) is 30.6 Å². The number of rotatable bonds is 16. The number of ether oxygens (including phenoxy) is 6. The maximum absolute atomic E-state index is 12.8. The summed E-state index contributed by atoms with van der Waals surface area (Å²) in [4.78, 5) is 17.1. The number of hydrogen-bond donors (Lipinski definition) is 1. The molecule has 5 rings (SSSR count). The van der Waals surface area contributed by atoms with Gasteiger partial charge in [0, 0.05) is 59.5 Å². The summed E-state index contributed by atoms with van der Waals surface area (Å²) in [5, 5.41) is 3.50. The number of hydrogen-bond acceptors (Lipinski definition) is 9. The van der Waals surface area contributed by atoms with Crippen LogP contribution >= 0.6 is 0 Å². The molecule has 44 heavy (non-hydrogen) atoms. The highest BCUT2D eigenvalue weighted by atomic mass is 16.5. The van der Waals surface area contributed by atoms with Crippen LogP contribution in [0, 0.1) is 0 Å². The molecule has 0 spiro atoms. The first-order valence-electron chi connectivity index (χ1n) is 16.0. The largest absolute Gasteiger partial charge is 0.490 e. The maximum atomic E-state index is 12.8. The van der Waals surface area contributed by atoms with E-state index in [4.69, 9.17) is 28.4 Å². The Bertz CT molecular complexity index is 1160. The van der Waals surface area contributed by atoms with Gasteiger partial charge in [-0.05, 0) is 48.1 Å². The van der Waals surface area contributed by atoms with Gasteiger partial charge < -0.3 is 43.5 Å². The summed E-state index contributed by atoms with van der Waals surface area (Å²) in [5.41, 5.74) is 4.44. The molecule has 0 bridgehead atoms. The van der Waals surface area contributed by atoms with Crippen molar-refractivity contribution in [3.63, 3.8) is 0 Å². The number of nitrogens with one attached hydrogen (secondary N) is 1. The molecular weight excluding hydrogens is 562 g/mol. The van der Waals surface area contributed by atoms with Gasteiger partial charge in [-0.1, -0.05) is 30.3 Å². The van der Waals surface area contributed by atoms with Gasteiger partial charge in [-0.15, -0.1) is 0 Å². The van der Waals surface area contributed by atoms with Gasteiger partial charge in [-0.3, -0.25) is 4.79 Å². The van der Waals surface area contributed by atoms with Crippen molar-refractivity contribution in [2.24, 2.45) is 0 Å². The van der Waals surface area contributed by atoms with Gasteiger partial charge in [0.25, 0.3) is 0 Å². The number of methoxy groups -OCH3 is 2. The number of likely N-dealkylation sites (tertiary alicyclic amines) is 1. The average Bonchev–Trinajstić information content (AvgIpc) is 3.61. The SMILES string of the molecule is COCCCN1CCOc2ccc(CO[C@H]3CNC[C@@H](OCC(=O)N4CCCC4)[C@@H]3c3ccc(COCCOC)cc3)cc21. The fourth-order valence-electron chi connectivity index (χ4n) is 6.26. The maximum Gasteiger partial charge on any atom is 0.248 e. The smallest absolute Gasteiger partial charge is 0.248 e. The Morgan fingerprint density at radius 2 is 1.64 bits per heavy atom. The van der Waals surface area contributed by atoms with Crippen LogP contribution in [0.25, 0.3) is 0 Å². The van der Waals surface area contributed by atoms with Crippen LogP contribution in [-0.4, -0.2) is 110 Å². The van der Waals surface area contributed by atoms with E-state index in [2.05, 4.69) is 52.7 Å². The molecule has 0 unspecified atom stereocenters. The molecule has 3 heterocycles. The average molecular weight is 612 g/mol. The molecule has 1 amide bonds. The number of fused-ring (bicyclic) bond motifs is 1. The Labute approximate surface area is 261 Å². The minimum absolute atomic E-state index is 0.0300. The van der Waals surface area contributed by atoms with E-state index < -0.39 is 0 Å². The van der Waals surface area contributed by atoms with E-state index in [1.54, 1.807) is 14.2 Å². The van der Waals surface area contributed by atoms with Gasteiger partial charge in [0.2, 0.25) is 5.91 Å². The minimum Gasteiger partial charge on any atom is -0.490 e. The van der Waals surface area contributed by atoms with Crippen molar-refractivity contribution >= 4 is 11.6 Å². The molecule has 2 aromatic rings. The number of piperidine rings is 1. The fraction of sp³-hybridized carbons (Fsp3) is 0.618. The summed E-state index contributed by atoms with van der Waals surface area (Å²) in [6.45, 7) is 8.43. The predicted octanol–water partition coefficient (Wildman–Crippen LogP) is 3.36. The monoisotopic (exact) mass is 611 g/mol. The first-order chi connectivity index (χ1) is 21.7. The molecule has 3 aliphatic heterocycles. The van der Waals surface area contributed by atoms with E-state index in [1.165, 1.54) is 0 Å². The number of nitrogens with zero attached hydrogens (tertiary/aromatic N) is 2. The third kappa shape index (κ3) is 8.93. The molecule has 242 valence electrons. The van der Waals surface area contributed by atoms with E-state index in [1.807, 2.05) is 4.90 Å². The highest BCUT2D eigenvalue weighted by molar-refractivity contribution is 5.77. The van der Waals surface area contributed by atoms with Crippen molar-refractivity contribution in [3.05, 3.63) is 59.2 Å². The second kappa shape index (κ2) is 17.1. The molecule has 0 aliphatic carbocycles. The van der Waals surface area contributed by atoms with Crippen molar-refractivity contribution in [1.82, 2.24) is 10.2 Å². The predicted molar refractivity (Wildman–Crippen MR) is 168 cm³/mol. The Morgan fingerprint density at radius 3 is 2.41 bits per heavy atom. The van der Waals surface area contributed by atoms with Crippen molar-refractivity contribution in [1.29, 1.82) is 0 Å². The molecule has 3 atom stereocenters. The molecule has 0 aromatic heterocycles. The van der Waals surface area contributed by atoms with Gasteiger partial charge in [0.15, 0.2) is 0 Å². The van der Waals surface area contributed by atoms with Crippen LogP contribution in [0.3, 0.4) is 0 Å². The second-order valence-electron chi connectivity index (χ2n) is 11.7. The van der Waals surface area contributed by atoms with Gasteiger partial charge >= 0.3 is 0 Å². The highest BCUT2D eigenvalue weighted by Crippen LogP contribution is 2.35. The number of carbonyl (C=O) groups excluding carboxylic acids is 1. The van der Waals surface area contributed by atoms with Crippen LogP contribution < -0.4 is 15.0 Å². The van der Waals surface area contributed by atoms with Crippen LogP contribution in [-0.2, 0) is 41.7 Å². The molecule has 10 heteroatoms. The first-order valence-corrected chi connectivity index (χ1v) is 16.0. The van der Waals surface area contributed by atoms with Crippen LogP contribution in [0.15, 0.2) is 42.5 Å². The number of amides is 1. The fourth-order valence-corrected chi connectivity index (χ4v) is 6.26. The Kier molecular flexibility index (Phi) is 12.7. The lowest BCUT2D eigenvalue weighted by atomic mass is 9.85. The molecular formula is C34H49N3O7. The van der Waals surface area contributed by atoms with Crippen molar-refractivity contribution in [2.45, 2.75) is 50.6 Å². The summed E-state index contributed by atoms with van der Waals surface area (Å²) in [6, 6.07) is 14.8. The van der Waals surface area contributed by atoms with Crippen molar-refractivity contribution in [2.75, 3.05) is 91.4 Å². The second-order valence-corrected chi connectivity index (χ2v) is 11.7. The molecule has 2 aromatic carbocycles. The summed E-state index contributed by atoms with van der Waals surface area (Å²) >= 11 is 0. The number of carbonyl (C=O) groups is 1. The molecule has 2 saturated heterocycles. The van der Waals surface area contributed by atoms with Gasteiger partial charge in [0.1, 0.15) is 19.0 Å². The highest BCUT2D eigenvalue weighted by Gasteiger charge is 2.37. The van der Waals surface area contributed by atoms with E-state index in [0.717, 1.165) is 80.2 Å². The van der Waals surface area contributed by atoms with E-state index in [0.29, 0.717) is 46.1 Å². The summed E-state index contributed by atoms with van der Waals surface area (Å²) in [5.74, 6) is 0.953. The normalized spacial score (nSPS) is 21.7. The summed E-state index contributed by atoms with van der Waals surface area (Å²) < 4.78 is 35.0. The topological polar surface area (TPSA) is 91.0 Å². The zero-order valence-corrected chi connectivity index (χ0v) is 26.3. The molecule has 3 aliphatic rings. The lowest BCUT2D eigenvalue weighted by Crippen LogP contribution is -2.51. The van der Waals surface area contributed by atoms with Crippen LogP contribution in [0.1, 0.15) is 41.9 Å². The lowest BCUT2D eigenvalue weighted by molar-refractivity contribution is -0.139. The Hall–Kier alpha value is -2.73. The zero-order chi connectivity index (χ0) is 30.6.